The monoisotopic (exact) mass is 386 g/mol. The number of nitrogens with one attached hydrogen (secondary N) is 1. The highest BCUT2D eigenvalue weighted by Gasteiger charge is 2.31. The fourth-order valence-electron chi connectivity index (χ4n) is 3.68. The highest BCUT2D eigenvalue weighted by Crippen LogP contribution is 2.33. The number of carbonyl (C=O) groups is 1. The molecule has 4 rings (SSSR count). The molecule has 2 heterocycles. The van der Waals surface area contributed by atoms with Crippen molar-refractivity contribution >= 4 is 35.1 Å². The number of urea groups is 1. The minimum absolute atomic E-state index is 0.163. The van der Waals surface area contributed by atoms with E-state index >= 15 is 0 Å². The summed E-state index contributed by atoms with van der Waals surface area (Å²) in [4.78, 5) is 25.1. The van der Waals surface area contributed by atoms with Gasteiger partial charge in [0.05, 0.1) is 17.3 Å². The van der Waals surface area contributed by atoms with Gasteiger partial charge in [0.15, 0.2) is 0 Å². The highest BCUT2D eigenvalue weighted by atomic mass is 35.5. The van der Waals surface area contributed by atoms with Crippen LogP contribution in [-0.4, -0.2) is 35.1 Å². The fraction of sp³-hybridized carbons (Fsp3) is 0.421. The number of anilines is 3. The van der Waals surface area contributed by atoms with E-state index in [2.05, 4.69) is 15.3 Å². The molecular weight excluding hydrogens is 364 g/mol. The second-order valence-corrected chi connectivity index (χ2v) is 7.58. The molecule has 0 spiro atoms. The summed E-state index contributed by atoms with van der Waals surface area (Å²) in [6.45, 7) is 0.390. The Morgan fingerprint density at radius 2 is 1.96 bits per heavy atom. The van der Waals surface area contributed by atoms with Gasteiger partial charge in [-0.3, -0.25) is 9.80 Å². The molecule has 142 valence electrons. The lowest BCUT2D eigenvalue weighted by Gasteiger charge is -2.34. The number of nitrogens with two attached hydrogens (primary N) is 1. The quantitative estimate of drug-likeness (QED) is 0.844. The molecule has 0 atom stereocenters. The summed E-state index contributed by atoms with van der Waals surface area (Å²) < 4.78 is 0. The summed E-state index contributed by atoms with van der Waals surface area (Å²) in [6.07, 6.45) is 5.82. The first-order chi connectivity index (χ1) is 13.0. The van der Waals surface area contributed by atoms with E-state index in [0.717, 1.165) is 31.2 Å². The third-order valence-electron chi connectivity index (χ3n) is 5.25. The van der Waals surface area contributed by atoms with Crippen molar-refractivity contribution in [2.24, 2.45) is 5.73 Å². The molecule has 2 aliphatic rings. The Bertz CT molecular complexity index is 852. The zero-order chi connectivity index (χ0) is 19.0. The average molecular weight is 387 g/mol. The van der Waals surface area contributed by atoms with Crippen LogP contribution in [0.2, 0.25) is 5.02 Å². The first-order valence-corrected chi connectivity index (χ1v) is 9.58. The Morgan fingerprint density at radius 1 is 1.22 bits per heavy atom. The zero-order valence-corrected chi connectivity index (χ0v) is 16.0. The van der Waals surface area contributed by atoms with Crippen molar-refractivity contribution in [1.29, 1.82) is 0 Å². The molecule has 0 saturated heterocycles. The van der Waals surface area contributed by atoms with E-state index in [-0.39, 0.29) is 6.03 Å². The smallest absolute Gasteiger partial charge is 0.330 e. The maximum absolute atomic E-state index is 12.9. The molecule has 1 aromatic heterocycles. The number of amides is 2. The van der Waals surface area contributed by atoms with Gasteiger partial charge in [-0.05, 0) is 37.8 Å². The Kier molecular flexibility index (Phi) is 4.88. The molecular formula is C19H23ClN6O. The van der Waals surface area contributed by atoms with E-state index < -0.39 is 0 Å². The van der Waals surface area contributed by atoms with Gasteiger partial charge in [-0.1, -0.05) is 23.7 Å². The lowest BCUT2D eigenvalue weighted by atomic mass is 9.92. The number of fused-ring (bicyclic) bond motifs is 1. The number of halogens is 1. The summed E-state index contributed by atoms with van der Waals surface area (Å²) in [5.74, 6) is 1.19. The van der Waals surface area contributed by atoms with E-state index in [1.807, 2.05) is 18.2 Å². The first-order valence-electron chi connectivity index (χ1n) is 9.20. The molecule has 1 aliphatic heterocycles. The van der Waals surface area contributed by atoms with Crippen molar-refractivity contribution in [2.75, 3.05) is 22.2 Å². The van der Waals surface area contributed by atoms with Crippen molar-refractivity contribution in [3.8, 4) is 0 Å². The van der Waals surface area contributed by atoms with Crippen molar-refractivity contribution in [3.05, 3.63) is 41.0 Å². The van der Waals surface area contributed by atoms with Crippen molar-refractivity contribution in [2.45, 2.75) is 44.3 Å². The zero-order valence-electron chi connectivity index (χ0n) is 15.2. The molecule has 1 aliphatic carbocycles. The molecule has 2 amide bonds. The summed E-state index contributed by atoms with van der Waals surface area (Å²) in [7, 11) is 1.72. The fourth-order valence-corrected chi connectivity index (χ4v) is 3.92. The van der Waals surface area contributed by atoms with E-state index in [9.17, 15) is 4.79 Å². The third-order valence-corrected chi connectivity index (χ3v) is 5.57. The van der Waals surface area contributed by atoms with Gasteiger partial charge in [0.25, 0.3) is 0 Å². The van der Waals surface area contributed by atoms with Crippen molar-refractivity contribution in [1.82, 2.24) is 9.97 Å². The van der Waals surface area contributed by atoms with Gasteiger partial charge < -0.3 is 11.1 Å². The number of benzene rings is 1. The van der Waals surface area contributed by atoms with Crippen LogP contribution in [0, 0.1) is 0 Å². The van der Waals surface area contributed by atoms with Gasteiger partial charge in [-0.2, -0.15) is 4.98 Å². The lowest BCUT2D eigenvalue weighted by molar-refractivity contribution is 0.251. The summed E-state index contributed by atoms with van der Waals surface area (Å²) in [5, 5.41) is 3.93. The lowest BCUT2D eigenvalue weighted by Crippen LogP contribution is -2.46. The largest absolute Gasteiger partial charge is 0.351 e. The van der Waals surface area contributed by atoms with E-state index in [0.29, 0.717) is 41.1 Å². The summed E-state index contributed by atoms with van der Waals surface area (Å²) in [5.41, 5.74) is 7.53. The van der Waals surface area contributed by atoms with Gasteiger partial charge in [0.2, 0.25) is 5.95 Å². The minimum Gasteiger partial charge on any atom is -0.351 e. The van der Waals surface area contributed by atoms with Crippen LogP contribution >= 0.6 is 11.6 Å². The van der Waals surface area contributed by atoms with Crippen LogP contribution in [-0.2, 0) is 6.54 Å². The van der Waals surface area contributed by atoms with Gasteiger partial charge in [-0.25, -0.2) is 9.78 Å². The molecule has 0 unspecified atom stereocenters. The third kappa shape index (κ3) is 3.57. The second-order valence-electron chi connectivity index (χ2n) is 7.18. The number of aromatic nitrogens is 2. The van der Waals surface area contributed by atoms with Crippen LogP contribution in [0.3, 0.4) is 0 Å². The molecule has 1 aromatic carbocycles. The standard InChI is InChI=1S/C19H23ClN6O/c1-25-17-12(11-26(19(25)27)16-5-3-2-4-15(16)20)10-22-18(24-17)23-14-8-6-13(21)7-9-14/h2-5,10,13-14H,6-9,11,21H2,1H3,(H,22,23,24). The molecule has 1 saturated carbocycles. The molecule has 2 aromatic rings. The molecule has 0 radical (unpaired) electrons. The SMILES string of the molecule is CN1C(=O)N(c2ccccc2Cl)Cc2cnc(NC3CCC(N)CC3)nc21. The van der Waals surface area contributed by atoms with Crippen LogP contribution in [0.25, 0.3) is 0 Å². The normalized spacial score (nSPS) is 22.6. The summed E-state index contributed by atoms with van der Waals surface area (Å²) >= 11 is 6.28. The molecule has 1 fully saturated rings. The predicted molar refractivity (Wildman–Crippen MR) is 107 cm³/mol. The highest BCUT2D eigenvalue weighted by molar-refractivity contribution is 6.34. The minimum atomic E-state index is -0.163. The van der Waals surface area contributed by atoms with Gasteiger partial charge in [0.1, 0.15) is 5.82 Å². The van der Waals surface area contributed by atoms with Gasteiger partial charge >= 0.3 is 6.03 Å². The molecule has 8 heteroatoms. The van der Waals surface area contributed by atoms with Crippen LogP contribution in [0.5, 0.6) is 0 Å². The predicted octanol–water partition coefficient (Wildman–Crippen LogP) is 3.39. The van der Waals surface area contributed by atoms with Crippen molar-refractivity contribution in [3.63, 3.8) is 0 Å². The van der Waals surface area contributed by atoms with E-state index in [4.69, 9.17) is 17.3 Å². The number of nitrogens with zero attached hydrogens (tertiary/aromatic N) is 4. The molecule has 0 bridgehead atoms. The first kappa shape index (κ1) is 18.0. The second kappa shape index (κ2) is 7.32. The summed E-state index contributed by atoms with van der Waals surface area (Å²) in [6, 6.07) is 7.78. The number of hydrogen-bond donors (Lipinski definition) is 2. The topological polar surface area (TPSA) is 87.4 Å². The number of rotatable bonds is 3. The van der Waals surface area contributed by atoms with Gasteiger partial charge in [0, 0.05) is 30.9 Å². The number of para-hydroxylation sites is 1. The maximum atomic E-state index is 12.9. The molecule has 3 N–H and O–H groups in total. The molecule has 27 heavy (non-hydrogen) atoms. The number of hydrogen-bond acceptors (Lipinski definition) is 5. The van der Waals surface area contributed by atoms with Gasteiger partial charge in [-0.15, -0.1) is 0 Å². The molecule has 7 nitrogen and oxygen atoms in total. The van der Waals surface area contributed by atoms with Crippen molar-refractivity contribution < 1.29 is 4.79 Å². The van der Waals surface area contributed by atoms with Crippen LogP contribution in [0.4, 0.5) is 22.2 Å². The van der Waals surface area contributed by atoms with Crippen LogP contribution in [0.15, 0.2) is 30.5 Å². The Labute approximate surface area is 163 Å². The Balaban J connectivity index is 1.56. The Morgan fingerprint density at radius 3 is 2.70 bits per heavy atom. The Hall–Kier alpha value is -2.38. The van der Waals surface area contributed by atoms with E-state index in [1.165, 1.54) is 0 Å². The van der Waals surface area contributed by atoms with Crippen LogP contribution < -0.4 is 20.9 Å². The average Bonchev–Trinajstić information content (AvgIpc) is 2.67. The van der Waals surface area contributed by atoms with E-state index in [1.54, 1.807) is 29.1 Å². The van der Waals surface area contributed by atoms with Crippen LogP contribution in [0.1, 0.15) is 31.2 Å². The number of carbonyl (C=O) groups excluding carboxylic acids is 1. The maximum Gasteiger partial charge on any atom is 0.330 e.